The maximum Gasteiger partial charge on any atom is 0.325 e. The second kappa shape index (κ2) is 5.18. The highest BCUT2D eigenvalue weighted by molar-refractivity contribution is 5.82. The second-order valence-electron chi connectivity index (χ2n) is 4.70. The van der Waals surface area contributed by atoms with E-state index in [2.05, 4.69) is 5.32 Å². The molecule has 0 aromatic rings. The summed E-state index contributed by atoms with van der Waals surface area (Å²) in [6.45, 7) is 6.08. The monoisotopic (exact) mass is 228 g/mol. The van der Waals surface area contributed by atoms with E-state index < -0.39 is 12.0 Å². The zero-order chi connectivity index (χ0) is 12.3. The van der Waals surface area contributed by atoms with Crippen molar-refractivity contribution in [3.63, 3.8) is 0 Å². The van der Waals surface area contributed by atoms with E-state index in [0.29, 0.717) is 5.92 Å². The third-order valence-corrected chi connectivity index (χ3v) is 2.75. The Morgan fingerprint density at radius 3 is 2.31 bits per heavy atom. The van der Waals surface area contributed by atoms with Crippen molar-refractivity contribution >= 4 is 12.0 Å². The van der Waals surface area contributed by atoms with Gasteiger partial charge in [0.05, 0.1) is 0 Å². The number of carboxylic acid groups (broad SMARTS) is 1. The van der Waals surface area contributed by atoms with Crippen LogP contribution >= 0.6 is 0 Å². The number of amides is 2. The summed E-state index contributed by atoms with van der Waals surface area (Å²) in [7, 11) is 0. The molecule has 5 heteroatoms. The average Bonchev–Trinajstić information content (AvgIpc) is 2.96. The molecule has 1 unspecified atom stereocenters. The highest BCUT2D eigenvalue weighted by Crippen LogP contribution is 2.30. The minimum atomic E-state index is -1.01. The summed E-state index contributed by atoms with van der Waals surface area (Å²) in [5.41, 5.74) is 0. The van der Waals surface area contributed by atoms with Crippen LogP contribution in [0.4, 0.5) is 4.79 Å². The van der Waals surface area contributed by atoms with Gasteiger partial charge in [-0.05, 0) is 39.5 Å². The number of carboxylic acids is 1. The number of carbonyl (C=O) groups is 2. The van der Waals surface area contributed by atoms with E-state index in [1.807, 2.05) is 13.8 Å². The Hall–Kier alpha value is -1.26. The highest BCUT2D eigenvalue weighted by Gasteiger charge is 2.29. The van der Waals surface area contributed by atoms with Gasteiger partial charge in [-0.25, -0.2) is 4.79 Å². The van der Waals surface area contributed by atoms with Gasteiger partial charge in [-0.3, -0.25) is 4.79 Å². The molecule has 0 heterocycles. The van der Waals surface area contributed by atoms with Crippen LogP contribution in [0.15, 0.2) is 0 Å². The van der Waals surface area contributed by atoms with E-state index in [1.54, 1.807) is 4.90 Å². The normalized spacial score (nSPS) is 17.0. The lowest BCUT2D eigenvalue weighted by molar-refractivity contribution is -0.138. The molecule has 5 nitrogen and oxygen atoms in total. The molecular formula is C11H20N2O3. The Labute approximate surface area is 95.8 Å². The maximum absolute atomic E-state index is 11.8. The number of nitrogens with zero attached hydrogens (tertiary/aromatic N) is 1. The molecule has 1 fully saturated rings. The summed E-state index contributed by atoms with van der Waals surface area (Å²) < 4.78 is 0. The quantitative estimate of drug-likeness (QED) is 0.745. The van der Waals surface area contributed by atoms with Crippen molar-refractivity contribution in [3.05, 3.63) is 0 Å². The van der Waals surface area contributed by atoms with E-state index in [-0.39, 0.29) is 12.1 Å². The van der Waals surface area contributed by atoms with Gasteiger partial charge in [0.2, 0.25) is 0 Å². The van der Waals surface area contributed by atoms with Crippen molar-refractivity contribution in [1.29, 1.82) is 0 Å². The standard InChI is InChI=1S/C11H20N2O3/c1-7(2)13(6-9-4-5-9)11(16)12-8(3)10(14)15/h7-9H,4-6H2,1-3H3,(H,12,16)(H,14,15). The lowest BCUT2D eigenvalue weighted by Gasteiger charge is -2.27. The fourth-order valence-corrected chi connectivity index (χ4v) is 1.44. The lowest BCUT2D eigenvalue weighted by Crippen LogP contribution is -2.49. The predicted octanol–water partition coefficient (Wildman–Crippen LogP) is 1.29. The van der Waals surface area contributed by atoms with Crippen molar-refractivity contribution in [2.45, 2.75) is 45.7 Å². The summed E-state index contributed by atoms with van der Waals surface area (Å²) in [4.78, 5) is 24.1. The molecule has 0 aromatic heterocycles. The molecule has 16 heavy (non-hydrogen) atoms. The van der Waals surface area contributed by atoms with Crippen LogP contribution in [0.3, 0.4) is 0 Å². The Kier molecular flexibility index (Phi) is 4.15. The van der Waals surface area contributed by atoms with Crippen molar-refractivity contribution in [2.75, 3.05) is 6.54 Å². The minimum absolute atomic E-state index is 0.0987. The van der Waals surface area contributed by atoms with Gasteiger partial charge < -0.3 is 15.3 Å². The molecule has 1 aliphatic rings. The topological polar surface area (TPSA) is 69.6 Å². The number of nitrogens with one attached hydrogen (secondary N) is 1. The summed E-state index contributed by atoms with van der Waals surface area (Å²) in [5.74, 6) is -0.406. The van der Waals surface area contributed by atoms with Crippen LogP contribution in [-0.2, 0) is 4.79 Å². The molecule has 2 N–H and O–H groups in total. The largest absolute Gasteiger partial charge is 0.480 e. The van der Waals surface area contributed by atoms with E-state index in [9.17, 15) is 9.59 Å². The molecule has 1 rings (SSSR count). The first-order chi connectivity index (χ1) is 7.41. The first-order valence-electron chi connectivity index (χ1n) is 5.71. The number of carbonyl (C=O) groups excluding carboxylic acids is 1. The predicted molar refractivity (Wildman–Crippen MR) is 60.2 cm³/mol. The van der Waals surface area contributed by atoms with Crippen LogP contribution < -0.4 is 5.32 Å². The van der Waals surface area contributed by atoms with Crippen LogP contribution in [0.2, 0.25) is 0 Å². The van der Waals surface area contributed by atoms with Gasteiger partial charge in [-0.15, -0.1) is 0 Å². The molecule has 1 saturated carbocycles. The number of hydrogen-bond donors (Lipinski definition) is 2. The van der Waals surface area contributed by atoms with Crippen LogP contribution in [-0.4, -0.2) is 40.6 Å². The van der Waals surface area contributed by atoms with Crippen molar-refractivity contribution in [1.82, 2.24) is 10.2 Å². The van der Waals surface area contributed by atoms with Crippen molar-refractivity contribution in [3.8, 4) is 0 Å². The first-order valence-corrected chi connectivity index (χ1v) is 5.71. The Bertz CT molecular complexity index is 274. The third-order valence-electron chi connectivity index (χ3n) is 2.75. The Morgan fingerprint density at radius 2 is 1.94 bits per heavy atom. The summed E-state index contributed by atoms with van der Waals surface area (Å²) in [6.07, 6.45) is 2.34. The molecular weight excluding hydrogens is 208 g/mol. The molecule has 1 atom stereocenters. The SMILES string of the molecule is CC(NC(=O)N(CC1CC1)C(C)C)C(=O)O. The zero-order valence-corrected chi connectivity index (χ0v) is 10.1. The average molecular weight is 228 g/mol. The molecule has 92 valence electrons. The molecule has 0 bridgehead atoms. The molecule has 2 amide bonds. The lowest BCUT2D eigenvalue weighted by atomic mass is 10.3. The Morgan fingerprint density at radius 1 is 1.38 bits per heavy atom. The molecule has 0 aliphatic heterocycles. The van der Waals surface area contributed by atoms with Crippen LogP contribution in [0.1, 0.15) is 33.6 Å². The van der Waals surface area contributed by atoms with Crippen LogP contribution in [0, 0.1) is 5.92 Å². The van der Waals surface area contributed by atoms with Gasteiger partial charge in [-0.1, -0.05) is 0 Å². The number of hydrogen-bond acceptors (Lipinski definition) is 2. The second-order valence-corrected chi connectivity index (χ2v) is 4.70. The summed E-state index contributed by atoms with van der Waals surface area (Å²) in [5, 5.41) is 11.2. The highest BCUT2D eigenvalue weighted by atomic mass is 16.4. The van der Waals surface area contributed by atoms with E-state index in [0.717, 1.165) is 6.54 Å². The Balaban J connectivity index is 2.49. The van der Waals surface area contributed by atoms with Gasteiger partial charge in [0, 0.05) is 12.6 Å². The van der Waals surface area contributed by atoms with Crippen LogP contribution in [0.5, 0.6) is 0 Å². The molecule has 0 spiro atoms. The fraction of sp³-hybridized carbons (Fsp3) is 0.818. The number of rotatable bonds is 5. The van der Waals surface area contributed by atoms with E-state index in [1.165, 1.54) is 19.8 Å². The number of urea groups is 1. The van der Waals surface area contributed by atoms with E-state index in [4.69, 9.17) is 5.11 Å². The summed E-state index contributed by atoms with van der Waals surface area (Å²) in [6, 6.07) is -1.02. The van der Waals surface area contributed by atoms with Crippen molar-refractivity contribution < 1.29 is 14.7 Å². The maximum atomic E-state index is 11.8. The molecule has 1 aliphatic carbocycles. The van der Waals surface area contributed by atoms with Gasteiger partial charge in [-0.2, -0.15) is 0 Å². The van der Waals surface area contributed by atoms with Gasteiger partial charge >= 0.3 is 12.0 Å². The van der Waals surface area contributed by atoms with Crippen LogP contribution in [0.25, 0.3) is 0 Å². The van der Waals surface area contributed by atoms with Gasteiger partial charge in [0.1, 0.15) is 6.04 Å². The fourth-order valence-electron chi connectivity index (χ4n) is 1.44. The van der Waals surface area contributed by atoms with Gasteiger partial charge in [0.25, 0.3) is 0 Å². The minimum Gasteiger partial charge on any atom is -0.480 e. The molecule has 0 saturated heterocycles. The molecule has 0 radical (unpaired) electrons. The third kappa shape index (κ3) is 3.72. The van der Waals surface area contributed by atoms with Gasteiger partial charge in [0.15, 0.2) is 0 Å². The molecule has 0 aromatic carbocycles. The summed E-state index contributed by atoms with van der Waals surface area (Å²) >= 11 is 0. The first kappa shape index (κ1) is 12.8. The zero-order valence-electron chi connectivity index (χ0n) is 10.1. The smallest absolute Gasteiger partial charge is 0.325 e. The number of aliphatic carboxylic acids is 1. The van der Waals surface area contributed by atoms with Crippen molar-refractivity contribution in [2.24, 2.45) is 5.92 Å². The van der Waals surface area contributed by atoms with E-state index >= 15 is 0 Å².